The van der Waals surface area contributed by atoms with Gasteiger partial charge < -0.3 is 20.1 Å². The van der Waals surface area contributed by atoms with Gasteiger partial charge in [0.1, 0.15) is 24.7 Å². The predicted octanol–water partition coefficient (Wildman–Crippen LogP) is -0.258. The van der Waals surface area contributed by atoms with E-state index < -0.39 is 17.8 Å². The third-order valence-electron chi connectivity index (χ3n) is 2.99. The minimum Gasteiger partial charge on any atom is -0.497 e. The minimum atomic E-state index is -0.547. The second-order valence-electron chi connectivity index (χ2n) is 4.51. The van der Waals surface area contributed by atoms with Crippen molar-refractivity contribution in [3.63, 3.8) is 0 Å². The molecule has 0 aromatic heterocycles. The molecule has 1 saturated heterocycles. The summed E-state index contributed by atoms with van der Waals surface area (Å²) in [7, 11) is 1.58. The van der Waals surface area contributed by atoms with Crippen LogP contribution in [0.2, 0.25) is 0 Å². The van der Waals surface area contributed by atoms with E-state index >= 15 is 0 Å². The average molecular weight is 307 g/mol. The standard InChI is InChI=1S/C14H17N3O5/c1-21-10-2-4-11(5-3-10)22-7-6-15-12(18)9-17-13(19)8-16-14(17)20/h2-5H,6-9H2,1H3,(H,15,18)(H,16,20). The Bertz CT molecular complexity index is 542. The largest absolute Gasteiger partial charge is 0.497 e. The zero-order chi connectivity index (χ0) is 15.9. The number of hydrogen-bond acceptors (Lipinski definition) is 5. The van der Waals surface area contributed by atoms with Crippen LogP contribution in [0.25, 0.3) is 0 Å². The van der Waals surface area contributed by atoms with Crippen LogP contribution in [0.15, 0.2) is 24.3 Å². The van der Waals surface area contributed by atoms with Crippen LogP contribution in [0.4, 0.5) is 4.79 Å². The summed E-state index contributed by atoms with van der Waals surface area (Å²) in [6.07, 6.45) is 0. The molecule has 0 aliphatic carbocycles. The molecule has 0 spiro atoms. The highest BCUT2D eigenvalue weighted by Gasteiger charge is 2.29. The second kappa shape index (κ2) is 7.30. The Kier molecular flexibility index (Phi) is 5.18. The van der Waals surface area contributed by atoms with Crippen LogP contribution >= 0.6 is 0 Å². The summed E-state index contributed by atoms with van der Waals surface area (Å²) in [6, 6.07) is 6.51. The molecule has 1 aliphatic heterocycles. The lowest BCUT2D eigenvalue weighted by molar-refractivity contribution is -0.130. The van der Waals surface area contributed by atoms with Gasteiger partial charge in [-0.2, -0.15) is 0 Å². The van der Waals surface area contributed by atoms with E-state index in [0.29, 0.717) is 5.75 Å². The first-order chi connectivity index (χ1) is 10.6. The molecule has 1 aromatic rings. The Morgan fingerprint density at radius 1 is 1.27 bits per heavy atom. The number of hydrogen-bond donors (Lipinski definition) is 2. The molecule has 0 unspecified atom stereocenters. The van der Waals surface area contributed by atoms with Gasteiger partial charge in [0, 0.05) is 0 Å². The molecular formula is C14H17N3O5. The molecule has 8 nitrogen and oxygen atoms in total. The maximum atomic E-state index is 11.6. The Morgan fingerprint density at radius 2 is 1.95 bits per heavy atom. The van der Waals surface area contributed by atoms with E-state index in [0.717, 1.165) is 10.6 Å². The van der Waals surface area contributed by atoms with Gasteiger partial charge >= 0.3 is 6.03 Å². The third kappa shape index (κ3) is 4.11. The molecule has 118 valence electrons. The lowest BCUT2D eigenvalue weighted by atomic mass is 10.3. The number of urea groups is 1. The quantitative estimate of drug-likeness (QED) is 0.534. The summed E-state index contributed by atoms with van der Waals surface area (Å²) >= 11 is 0. The second-order valence-corrected chi connectivity index (χ2v) is 4.51. The Hall–Kier alpha value is -2.77. The van der Waals surface area contributed by atoms with Gasteiger partial charge in [-0.05, 0) is 24.3 Å². The number of carbonyl (C=O) groups excluding carboxylic acids is 3. The number of methoxy groups -OCH3 is 1. The van der Waals surface area contributed by atoms with Gasteiger partial charge in [0.05, 0.1) is 20.2 Å². The van der Waals surface area contributed by atoms with Crippen molar-refractivity contribution < 1.29 is 23.9 Å². The van der Waals surface area contributed by atoms with Crippen LogP contribution in [0, 0.1) is 0 Å². The smallest absolute Gasteiger partial charge is 0.325 e. The Labute approximate surface area is 127 Å². The van der Waals surface area contributed by atoms with Crippen LogP contribution < -0.4 is 20.1 Å². The van der Waals surface area contributed by atoms with Gasteiger partial charge in [0.2, 0.25) is 5.91 Å². The average Bonchev–Trinajstić information content (AvgIpc) is 2.84. The highest BCUT2D eigenvalue weighted by Crippen LogP contribution is 2.16. The molecule has 1 heterocycles. The molecule has 8 heteroatoms. The molecule has 0 bridgehead atoms. The van der Waals surface area contributed by atoms with Gasteiger partial charge in [-0.25, -0.2) is 4.79 Å². The van der Waals surface area contributed by atoms with Gasteiger partial charge in [-0.15, -0.1) is 0 Å². The molecule has 1 fully saturated rings. The van der Waals surface area contributed by atoms with Crippen LogP contribution in [-0.2, 0) is 9.59 Å². The summed E-state index contributed by atoms with van der Waals surface area (Å²) in [4.78, 5) is 35.1. The van der Waals surface area contributed by atoms with Crippen molar-refractivity contribution in [1.82, 2.24) is 15.5 Å². The van der Waals surface area contributed by atoms with Gasteiger partial charge in [0.15, 0.2) is 0 Å². The van der Waals surface area contributed by atoms with Crippen LogP contribution in [0.3, 0.4) is 0 Å². The number of carbonyl (C=O) groups is 3. The zero-order valence-corrected chi connectivity index (χ0v) is 12.1. The number of nitrogens with zero attached hydrogens (tertiary/aromatic N) is 1. The van der Waals surface area contributed by atoms with E-state index in [1.807, 2.05) is 0 Å². The number of imide groups is 1. The Morgan fingerprint density at radius 3 is 2.55 bits per heavy atom. The van der Waals surface area contributed by atoms with Crippen molar-refractivity contribution >= 4 is 17.8 Å². The van der Waals surface area contributed by atoms with Gasteiger partial charge in [-0.1, -0.05) is 0 Å². The molecule has 2 rings (SSSR count). The fourth-order valence-corrected chi connectivity index (χ4v) is 1.85. The summed E-state index contributed by atoms with van der Waals surface area (Å²) in [5, 5.41) is 4.93. The molecule has 4 amide bonds. The molecule has 2 N–H and O–H groups in total. The van der Waals surface area contributed by atoms with Gasteiger partial charge in [0.25, 0.3) is 5.91 Å². The first-order valence-electron chi connectivity index (χ1n) is 6.72. The predicted molar refractivity (Wildman–Crippen MR) is 76.6 cm³/mol. The van der Waals surface area contributed by atoms with Crippen LogP contribution in [0.5, 0.6) is 11.5 Å². The maximum absolute atomic E-state index is 11.6. The van der Waals surface area contributed by atoms with E-state index in [-0.39, 0.29) is 26.2 Å². The maximum Gasteiger partial charge on any atom is 0.325 e. The third-order valence-corrected chi connectivity index (χ3v) is 2.99. The fourth-order valence-electron chi connectivity index (χ4n) is 1.85. The van der Waals surface area contributed by atoms with Crippen molar-refractivity contribution in [2.45, 2.75) is 0 Å². The highest BCUT2D eigenvalue weighted by molar-refractivity contribution is 6.04. The monoisotopic (exact) mass is 307 g/mol. The van der Waals surface area contributed by atoms with E-state index in [1.54, 1.807) is 31.4 Å². The minimum absolute atomic E-state index is 0.0628. The summed E-state index contributed by atoms with van der Waals surface area (Å²) in [5.74, 6) is 0.566. The molecule has 1 aliphatic rings. The molecule has 0 radical (unpaired) electrons. The van der Waals surface area contributed by atoms with Crippen LogP contribution in [-0.4, -0.2) is 56.1 Å². The molecule has 0 atom stereocenters. The molecule has 1 aromatic carbocycles. The van der Waals surface area contributed by atoms with E-state index in [2.05, 4.69) is 10.6 Å². The van der Waals surface area contributed by atoms with E-state index in [9.17, 15) is 14.4 Å². The van der Waals surface area contributed by atoms with Crippen molar-refractivity contribution in [3.05, 3.63) is 24.3 Å². The fraction of sp³-hybridized carbons (Fsp3) is 0.357. The van der Waals surface area contributed by atoms with Crippen molar-refractivity contribution in [3.8, 4) is 11.5 Å². The molecule has 22 heavy (non-hydrogen) atoms. The first-order valence-corrected chi connectivity index (χ1v) is 6.72. The SMILES string of the molecule is COc1ccc(OCCNC(=O)CN2C(=O)CNC2=O)cc1. The highest BCUT2D eigenvalue weighted by atomic mass is 16.5. The van der Waals surface area contributed by atoms with E-state index in [1.165, 1.54) is 0 Å². The van der Waals surface area contributed by atoms with Crippen molar-refractivity contribution in [2.75, 3.05) is 33.4 Å². The van der Waals surface area contributed by atoms with Gasteiger partial charge in [-0.3, -0.25) is 14.5 Å². The zero-order valence-electron chi connectivity index (χ0n) is 12.1. The van der Waals surface area contributed by atoms with Crippen molar-refractivity contribution in [2.24, 2.45) is 0 Å². The summed E-state index contributed by atoms with van der Waals surface area (Å²) in [6.45, 7) is 0.201. The lowest BCUT2D eigenvalue weighted by Crippen LogP contribution is -2.41. The van der Waals surface area contributed by atoms with Crippen LogP contribution in [0.1, 0.15) is 0 Å². The molecule has 0 saturated carbocycles. The summed E-state index contributed by atoms with van der Waals surface area (Å²) in [5.41, 5.74) is 0. The molecular weight excluding hydrogens is 290 g/mol. The summed E-state index contributed by atoms with van der Waals surface area (Å²) < 4.78 is 10.5. The number of nitrogens with one attached hydrogen (secondary N) is 2. The van der Waals surface area contributed by atoms with E-state index in [4.69, 9.17) is 9.47 Å². The Balaban J connectivity index is 1.66. The number of benzene rings is 1. The first kappa shape index (κ1) is 15.6. The number of rotatable bonds is 7. The van der Waals surface area contributed by atoms with Crippen molar-refractivity contribution in [1.29, 1.82) is 0 Å². The number of amides is 4. The normalized spacial score (nSPS) is 13.8. The lowest BCUT2D eigenvalue weighted by Gasteiger charge is -2.12. The topological polar surface area (TPSA) is 97.0 Å². The number of ether oxygens (including phenoxy) is 2.